The van der Waals surface area contributed by atoms with Crippen molar-refractivity contribution in [1.29, 1.82) is 0 Å². The molecule has 1 fully saturated rings. The van der Waals surface area contributed by atoms with Crippen LogP contribution in [0.3, 0.4) is 0 Å². The number of piperidine rings is 1. The third-order valence-electron chi connectivity index (χ3n) is 3.05. The maximum atomic E-state index is 10.9. The highest BCUT2D eigenvalue weighted by Gasteiger charge is 2.40. The number of carbonyl (C=O) groups is 1. The van der Waals surface area contributed by atoms with Gasteiger partial charge < -0.3 is 9.59 Å². The number of nitrogens with zero attached hydrogens (tertiary/aromatic N) is 1. The molecule has 1 rings (SSSR count). The summed E-state index contributed by atoms with van der Waals surface area (Å²) in [5, 5.41) is 8.96. The largest absolute Gasteiger partial charge is 0.481 e. The number of carboxylic acid groups (broad SMARTS) is 1. The van der Waals surface area contributed by atoms with E-state index in [-0.39, 0.29) is 0 Å². The first-order valence-electron chi connectivity index (χ1n) is 4.41. The van der Waals surface area contributed by atoms with E-state index < -0.39 is 11.4 Å². The summed E-state index contributed by atoms with van der Waals surface area (Å²) in [5.74, 6) is -0.637. The van der Waals surface area contributed by atoms with Crippen LogP contribution in [0.15, 0.2) is 0 Å². The van der Waals surface area contributed by atoms with Gasteiger partial charge in [0.15, 0.2) is 0 Å². The molecule has 0 bridgehead atoms. The molecule has 0 spiro atoms. The molecule has 0 aromatic rings. The highest BCUT2D eigenvalue weighted by Crippen LogP contribution is 2.32. The Morgan fingerprint density at radius 2 is 1.75 bits per heavy atom. The molecule has 0 aliphatic carbocycles. The van der Waals surface area contributed by atoms with Crippen molar-refractivity contribution in [2.24, 2.45) is 5.41 Å². The molecule has 0 aromatic carbocycles. The summed E-state index contributed by atoms with van der Waals surface area (Å²) in [6.07, 6.45) is 1.60. The first kappa shape index (κ1) is 9.52. The van der Waals surface area contributed by atoms with Crippen LogP contribution in [0.1, 0.15) is 19.8 Å². The minimum Gasteiger partial charge on any atom is -0.481 e. The fourth-order valence-corrected chi connectivity index (χ4v) is 1.55. The van der Waals surface area contributed by atoms with Crippen molar-refractivity contribution in [2.75, 3.05) is 27.2 Å². The monoisotopic (exact) mass is 172 g/mol. The number of hydrogen-bond donors (Lipinski definition) is 1. The van der Waals surface area contributed by atoms with Crippen LogP contribution < -0.4 is 0 Å². The Morgan fingerprint density at radius 3 is 2.08 bits per heavy atom. The minimum atomic E-state index is -0.637. The summed E-state index contributed by atoms with van der Waals surface area (Å²) in [7, 11) is 4.31. The first-order chi connectivity index (χ1) is 5.36. The molecule has 3 nitrogen and oxygen atoms in total. The predicted molar refractivity (Wildman–Crippen MR) is 46.8 cm³/mol. The van der Waals surface area contributed by atoms with E-state index in [1.165, 1.54) is 0 Å². The molecule has 0 amide bonds. The van der Waals surface area contributed by atoms with Crippen molar-refractivity contribution in [1.82, 2.24) is 0 Å². The summed E-state index contributed by atoms with van der Waals surface area (Å²) < 4.78 is 0.961. The van der Waals surface area contributed by atoms with Gasteiger partial charge in [-0.3, -0.25) is 4.79 Å². The number of likely N-dealkylation sites (tertiary alicyclic amines) is 1. The first-order valence-corrected chi connectivity index (χ1v) is 4.41. The van der Waals surface area contributed by atoms with E-state index >= 15 is 0 Å². The molecule has 1 aliphatic heterocycles. The third-order valence-corrected chi connectivity index (χ3v) is 3.05. The summed E-state index contributed by atoms with van der Waals surface area (Å²) >= 11 is 0. The van der Waals surface area contributed by atoms with Crippen LogP contribution >= 0.6 is 0 Å². The topological polar surface area (TPSA) is 37.3 Å². The van der Waals surface area contributed by atoms with Gasteiger partial charge in [0.05, 0.1) is 32.6 Å². The summed E-state index contributed by atoms with van der Waals surface area (Å²) in [6.45, 7) is 3.81. The second-order valence-corrected chi connectivity index (χ2v) is 4.75. The van der Waals surface area contributed by atoms with Gasteiger partial charge in [0, 0.05) is 12.8 Å². The molecule has 0 unspecified atom stereocenters. The van der Waals surface area contributed by atoms with Crippen molar-refractivity contribution in [3.8, 4) is 0 Å². The van der Waals surface area contributed by atoms with Gasteiger partial charge in [0.1, 0.15) is 0 Å². The fraction of sp³-hybridized carbons (Fsp3) is 0.889. The van der Waals surface area contributed by atoms with Crippen LogP contribution in [0.25, 0.3) is 0 Å². The van der Waals surface area contributed by atoms with E-state index in [9.17, 15) is 4.79 Å². The molecule has 1 saturated heterocycles. The van der Waals surface area contributed by atoms with Crippen molar-refractivity contribution >= 4 is 5.97 Å². The Bertz CT molecular complexity index is 189. The third kappa shape index (κ3) is 1.78. The van der Waals surface area contributed by atoms with Crippen LogP contribution in [0.5, 0.6) is 0 Å². The average Bonchev–Trinajstić information content (AvgIpc) is 1.96. The fourth-order valence-electron chi connectivity index (χ4n) is 1.55. The lowest BCUT2D eigenvalue weighted by atomic mass is 9.80. The van der Waals surface area contributed by atoms with Gasteiger partial charge >= 0.3 is 5.97 Å². The number of carboxylic acids is 1. The van der Waals surface area contributed by atoms with Gasteiger partial charge in [0.2, 0.25) is 0 Å². The van der Waals surface area contributed by atoms with Crippen molar-refractivity contribution < 1.29 is 14.4 Å². The smallest absolute Gasteiger partial charge is 0.309 e. The minimum absolute atomic E-state index is 0.465. The molecule has 0 atom stereocenters. The Kier molecular flexibility index (Phi) is 2.17. The summed E-state index contributed by atoms with van der Waals surface area (Å²) in [5.41, 5.74) is -0.465. The van der Waals surface area contributed by atoms with Gasteiger partial charge in [-0.2, -0.15) is 0 Å². The molecule has 0 aromatic heterocycles. The molecular weight excluding hydrogens is 154 g/mol. The van der Waals surface area contributed by atoms with Crippen LogP contribution in [-0.4, -0.2) is 42.7 Å². The summed E-state index contributed by atoms with van der Waals surface area (Å²) in [4.78, 5) is 10.9. The van der Waals surface area contributed by atoms with E-state index in [1.807, 2.05) is 6.92 Å². The summed E-state index contributed by atoms with van der Waals surface area (Å²) in [6, 6.07) is 0. The Hall–Kier alpha value is -0.570. The molecule has 12 heavy (non-hydrogen) atoms. The molecule has 0 saturated carbocycles. The maximum Gasteiger partial charge on any atom is 0.309 e. The Morgan fingerprint density at radius 1 is 1.33 bits per heavy atom. The molecule has 1 heterocycles. The van der Waals surface area contributed by atoms with E-state index in [0.29, 0.717) is 0 Å². The second kappa shape index (κ2) is 2.73. The van der Waals surface area contributed by atoms with Gasteiger partial charge in [0.25, 0.3) is 0 Å². The van der Waals surface area contributed by atoms with Crippen LogP contribution in [-0.2, 0) is 4.79 Å². The second-order valence-electron chi connectivity index (χ2n) is 4.75. The van der Waals surface area contributed by atoms with Gasteiger partial charge in [-0.25, -0.2) is 0 Å². The lowest BCUT2D eigenvalue weighted by Crippen LogP contribution is -2.51. The van der Waals surface area contributed by atoms with Crippen molar-refractivity contribution in [3.63, 3.8) is 0 Å². The Balaban J connectivity index is 2.62. The molecule has 1 N–H and O–H groups in total. The van der Waals surface area contributed by atoms with Crippen molar-refractivity contribution in [3.05, 3.63) is 0 Å². The number of rotatable bonds is 1. The lowest BCUT2D eigenvalue weighted by Gasteiger charge is -2.40. The SMILES string of the molecule is CC1(C(=O)O)CC[N+](C)(C)CC1. The molecular formula is C9H18NO2+. The van der Waals surface area contributed by atoms with Crippen molar-refractivity contribution in [2.45, 2.75) is 19.8 Å². The normalized spacial score (nSPS) is 26.6. The van der Waals surface area contributed by atoms with Gasteiger partial charge in [-0.1, -0.05) is 0 Å². The lowest BCUT2D eigenvalue weighted by molar-refractivity contribution is -0.897. The van der Waals surface area contributed by atoms with E-state index in [2.05, 4.69) is 14.1 Å². The van der Waals surface area contributed by atoms with E-state index in [4.69, 9.17) is 5.11 Å². The maximum absolute atomic E-state index is 10.9. The molecule has 70 valence electrons. The zero-order valence-electron chi connectivity index (χ0n) is 8.13. The highest BCUT2D eigenvalue weighted by molar-refractivity contribution is 5.74. The number of aliphatic carboxylic acids is 1. The van der Waals surface area contributed by atoms with E-state index in [0.717, 1.165) is 30.4 Å². The van der Waals surface area contributed by atoms with Crippen LogP contribution in [0.4, 0.5) is 0 Å². The van der Waals surface area contributed by atoms with Gasteiger partial charge in [-0.05, 0) is 6.92 Å². The molecule has 3 heteroatoms. The van der Waals surface area contributed by atoms with Crippen LogP contribution in [0, 0.1) is 5.41 Å². The zero-order chi connectivity index (χ0) is 9.41. The molecule has 0 radical (unpaired) electrons. The van der Waals surface area contributed by atoms with Gasteiger partial charge in [-0.15, -0.1) is 0 Å². The Labute approximate surface area is 73.6 Å². The van der Waals surface area contributed by atoms with Crippen LogP contribution in [0.2, 0.25) is 0 Å². The molecule has 1 aliphatic rings. The van der Waals surface area contributed by atoms with E-state index in [1.54, 1.807) is 0 Å². The average molecular weight is 172 g/mol. The zero-order valence-corrected chi connectivity index (χ0v) is 8.13. The standard InChI is InChI=1S/C9H17NO2/c1-9(8(11)12)4-6-10(2,3)7-5-9/h4-7H2,1-3H3/p+1. The predicted octanol–water partition coefficient (Wildman–Crippen LogP) is 0.948. The number of quaternary nitrogens is 1. The number of hydrogen-bond acceptors (Lipinski definition) is 1. The highest BCUT2D eigenvalue weighted by atomic mass is 16.4. The quantitative estimate of drug-likeness (QED) is 0.598.